The molecule has 0 aliphatic carbocycles. The molecule has 0 rings (SSSR count). The topological polar surface area (TPSA) is 45.0 Å². The maximum Gasteiger partial charge on any atom is 0.405 e. The van der Waals surface area contributed by atoms with Crippen LogP contribution in [0.3, 0.4) is 0 Å². The van der Waals surface area contributed by atoms with Crippen LogP contribution in [-0.4, -0.2) is 32.5 Å². The number of methoxy groups -OCH3 is 1. The van der Waals surface area contributed by atoms with E-state index in [9.17, 15) is 13.2 Å². The Kier molecular flexibility index (Phi) is 6.29. The fourth-order valence-corrected chi connectivity index (χ4v) is 1.04. The first-order valence-corrected chi connectivity index (χ1v) is 4.64. The van der Waals surface area contributed by atoms with Crippen molar-refractivity contribution < 1.29 is 17.9 Å². The molecule has 0 aliphatic heterocycles. The highest BCUT2D eigenvalue weighted by Gasteiger charge is 2.39. The van der Waals surface area contributed by atoms with E-state index in [4.69, 9.17) is 10.00 Å². The Hall–Kier alpha value is -0.800. The number of rotatable bonds is 6. The fraction of sp³-hybridized carbons (Fsp3) is 0.889. The van der Waals surface area contributed by atoms with Gasteiger partial charge in [0, 0.05) is 19.7 Å². The van der Waals surface area contributed by atoms with E-state index in [0.717, 1.165) is 0 Å². The molecule has 2 atom stereocenters. The van der Waals surface area contributed by atoms with Crippen LogP contribution in [0.5, 0.6) is 0 Å². The standard InChI is InChI=1S/C9H15F3N2O/c1-3-8(6-15-2)14-5-7(4-13)9(10,11)12/h7-8,14H,3,5-6H2,1-2H3. The Balaban J connectivity index is 4.06. The van der Waals surface area contributed by atoms with E-state index in [-0.39, 0.29) is 12.6 Å². The second kappa shape index (κ2) is 6.64. The summed E-state index contributed by atoms with van der Waals surface area (Å²) in [5.74, 6) is -1.96. The van der Waals surface area contributed by atoms with E-state index in [1.807, 2.05) is 6.92 Å². The molecule has 2 unspecified atom stereocenters. The van der Waals surface area contributed by atoms with Gasteiger partial charge in [0.2, 0.25) is 0 Å². The lowest BCUT2D eigenvalue weighted by molar-refractivity contribution is -0.158. The van der Waals surface area contributed by atoms with Crippen LogP contribution in [0.25, 0.3) is 0 Å². The van der Waals surface area contributed by atoms with Crippen molar-refractivity contribution in [2.45, 2.75) is 25.6 Å². The summed E-state index contributed by atoms with van der Waals surface area (Å²) < 4.78 is 41.3. The van der Waals surface area contributed by atoms with Gasteiger partial charge >= 0.3 is 6.18 Å². The van der Waals surface area contributed by atoms with Crippen LogP contribution in [0.1, 0.15) is 13.3 Å². The van der Waals surface area contributed by atoms with E-state index >= 15 is 0 Å². The van der Waals surface area contributed by atoms with Gasteiger partial charge in [-0.15, -0.1) is 0 Å². The van der Waals surface area contributed by atoms with E-state index in [1.54, 1.807) is 0 Å². The predicted molar refractivity (Wildman–Crippen MR) is 49.1 cm³/mol. The second-order valence-corrected chi connectivity index (χ2v) is 3.19. The van der Waals surface area contributed by atoms with Crippen molar-refractivity contribution in [2.75, 3.05) is 20.3 Å². The van der Waals surface area contributed by atoms with Gasteiger partial charge in [-0.2, -0.15) is 18.4 Å². The minimum Gasteiger partial charge on any atom is -0.383 e. The molecule has 88 valence electrons. The van der Waals surface area contributed by atoms with Crippen LogP contribution in [0, 0.1) is 17.2 Å². The van der Waals surface area contributed by atoms with Crippen LogP contribution in [-0.2, 0) is 4.74 Å². The molecule has 0 spiro atoms. The molecule has 0 radical (unpaired) electrons. The van der Waals surface area contributed by atoms with Gasteiger partial charge in [0.05, 0.1) is 12.7 Å². The fourth-order valence-electron chi connectivity index (χ4n) is 1.04. The van der Waals surface area contributed by atoms with E-state index in [2.05, 4.69) is 5.32 Å². The highest BCUT2D eigenvalue weighted by atomic mass is 19.4. The molecule has 0 aromatic carbocycles. The highest BCUT2D eigenvalue weighted by molar-refractivity contribution is 4.90. The number of hydrogen-bond acceptors (Lipinski definition) is 3. The maximum absolute atomic E-state index is 12.2. The van der Waals surface area contributed by atoms with Crippen molar-refractivity contribution >= 4 is 0 Å². The average molecular weight is 224 g/mol. The zero-order chi connectivity index (χ0) is 11.9. The molecular formula is C9H15F3N2O. The number of halogens is 3. The summed E-state index contributed by atoms with van der Waals surface area (Å²) in [5, 5.41) is 11.0. The second-order valence-electron chi connectivity index (χ2n) is 3.19. The lowest BCUT2D eigenvalue weighted by Crippen LogP contribution is -2.40. The third kappa shape index (κ3) is 5.60. The smallest absolute Gasteiger partial charge is 0.383 e. The molecular weight excluding hydrogens is 209 g/mol. The maximum atomic E-state index is 12.2. The first-order chi connectivity index (χ1) is 6.95. The summed E-state index contributed by atoms with van der Waals surface area (Å²) in [5.41, 5.74) is 0. The molecule has 0 saturated heterocycles. The van der Waals surface area contributed by atoms with Gasteiger partial charge in [0.15, 0.2) is 5.92 Å². The Morgan fingerprint density at radius 2 is 2.07 bits per heavy atom. The molecule has 15 heavy (non-hydrogen) atoms. The van der Waals surface area contributed by atoms with E-state index in [1.165, 1.54) is 13.2 Å². The SMILES string of the molecule is CCC(COC)NCC(C#N)C(F)(F)F. The number of hydrogen-bond donors (Lipinski definition) is 1. The molecule has 0 aromatic heterocycles. The number of ether oxygens (including phenoxy) is 1. The van der Waals surface area contributed by atoms with Gasteiger partial charge in [-0.25, -0.2) is 0 Å². The van der Waals surface area contributed by atoms with Gasteiger partial charge in [0.25, 0.3) is 0 Å². The minimum atomic E-state index is -4.47. The van der Waals surface area contributed by atoms with Crippen LogP contribution in [0.15, 0.2) is 0 Å². The highest BCUT2D eigenvalue weighted by Crippen LogP contribution is 2.24. The van der Waals surface area contributed by atoms with Crippen molar-refractivity contribution in [3.63, 3.8) is 0 Å². The molecule has 0 bridgehead atoms. The molecule has 0 amide bonds. The van der Waals surface area contributed by atoms with Crippen molar-refractivity contribution in [1.82, 2.24) is 5.32 Å². The van der Waals surface area contributed by atoms with E-state index in [0.29, 0.717) is 13.0 Å². The Bertz CT molecular complexity index is 212. The van der Waals surface area contributed by atoms with Gasteiger partial charge in [-0.1, -0.05) is 6.92 Å². The summed E-state index contributed by atoms with van der Waals surface area (Å²) in [7, 11) is 1.48. The zero-order valence-corrected chi connectivity index (χ0v) is 8.77. The normalized spacial score (nSPS) is 15.7. The Morgan fingerprint density at radius 1 is 1.47 bits per heavy atom. The summed E-state index contributed by atoms with van der Waals surface area (Å²) in [6.45, 7) is 1.79. The van der Waals surface area contributed by atoms with Gasteiger partial charge < -0.3 is 10.1 Å². The monoisotopic (exact) mass is 224 g/mol. The van der Waals surface area contributed by atoms with Gasteiger partial charge in [0.1, 0.15) is 0 Å². The van der Waals surface area contributed by atoms with Crippen LogP contribution < -0.4 is 5.32 Å². The molecule has 0 aliphatic rings. The summed E-state index contributed by atoms with van der Waals surface area (Å²) in [4.78, 5) is 0. The summed E-state index contributed by atoms with van der Waals surface area (Å²) in [6, 6.07) is 1.09. The third-order valence-electron chi connectivity index (χ3n) is 2.02. The largest absolute Gasteiger partial charge is 0.405 e. The third-order valence-corrected chi connectivity index (χ3v) is 2.02. The van der Waals surface area contributed by atoms with E-state index < -0.39 is 12.1 Å². The van der Waals surface area contributed by atoms with Gasteiger partial charge in [-0.3, -0.25) is 0 Å². The van der Waals surface area contributed by atoms with Crippen molar-refractivity contribution in [1.29, 1.82) is 5.26 Å². The molecule has 0 aromatic rings. The predicted octanol–water partition coefficient (Wildman–Crippen LogP) is 1.70. The molecule has 0 fully saturated rings. The summed E-state index contributed by atoms with van der Waals surface area (Å²) in [6.07, 6.45) is -3.81. The molecule has 1 N–H and O–H groups in total. The summed E-state index contributed by atoms with van der Waals surface area (Å²) >= 11 is 0. The number of nitrogens with one attached hydrogen (secondary N) is 1. The Morgan fingerprint density at radius 3 is 2.40 bits per heavy atom. The minimum absolute atomic E-state index is 0.145. The van der Waals surface area contributed by atoms with Crippen LogP contribution in [0.2, 0.25) is 0 Å². The van der Waals surface area contributed by atoms with Crippen molar-refractivity contribution in [2.24, 2.45) is 5.92 Å². The van der Waals surface area contributed by atoms with Crippen molar-refractivity contribution in [3.8, 4) is 6.07 Å². The lowest BCUT2D eigenvalue weighted by atomic mass is 10.1. The lowest BCUT2D eigenvalue weighted by Gasteiger charge is -2.19. The number of nitriles is 1. The molecule has 0 heterocycles. The quantitative estimate of drug-likeness (QED) is 0.747. The van der Waals surface area contributed by atoms with Crippen LogP contribution in [0.4, 0.5) is 13.2 Å². The van der Waals surface area contributed by atoms with Crippen LogP contribution >= 0.6 is 0 Å². The number of nitrogens with zero attached hydrogens (tertiary/aromatic N) is 1. The zero-order valence-electron chi connectivity index (χ0n) is 8.77. The first kappa shape index (κ1) is 14.2. The van der Waals surface area contributed by atoms with Gasteiger partial charge in [-0.05, 0) is 6.42 Å². The Labute approximate surface area is 87.2 Å². The van der Waals surface area contributed by atoms with Crippen molar-refractivity contribution in [3.05, 3.63) is 0 Å². The molecule has 6 heteroatoms. The average Bonchev–Trinajstić information content (AvgIpc) is 2.15. The molecule has 3 nitrogen and oxygen atoms in total. The first-order valence-electron chi connectivity index (χ1n) is 4.64. The number of alkyl halides is 3. The molecule has 0 saturated carbocycles.